The average Bonchev–Trinajstić information content (AvgIpc) is 2.78. The Morgan fingerprint density at radius 3 is 3.00 bits per heavy atom. The third kappa shape index (κ3) is 4.92. The molecule has 1 fully saturated rings. The molecule has 1 rings (SSSR count). The Kier molecular flexibility index (Phi) is 6.37. The summed E-state index contributed by atoms with van der Waals surface area (Å²) in [5.41, 5.74) is 0. The van der Waals surface area contributed by atoms with Crippen molar-refractivity contribution in [3.8, 4) is 0 Å². The highest BCUT2D eigenvalue weighted by Gasteiger charge is 2.19. The van der Waals surface area contributed by atoms with E-state index in [1.807, 2.05) is 6.92 Å². The first-order chi connectivity index (χ1) is 7.76. The molecular formula is C11H22N2O3. The summed E-state index contributed by atoms with van der Waals surface area (Å²) >= 11 is 0. The maximum Gasteiger partial charge on any atom is 0.234 e. The second-order valence-corrected chi connectivity index (χ2v) is 4.04. The molecule has 0 aromatic heterocycles. The zero-order chi connectivity index (χ0) is 11.8. The van der Waals surface area contributed by atoms with Gasteiger partial charge in [-0.15, -0.1) is 0 Å². The van der Waals surface area contributed by atoms with Gasteiger partial charge in [0, 0.05) is 19.7 Å². The Balaban J connectivity index is 2.21. The van der Waals surface area contributed by atoms with Gasteiger partial charge in [0.25, 0.3) is 0 Å². The summed E-state index contributed by atoms with van der Waals surface area (Å²) in [5.74, 6) is -0.0334. The molecule has 1 aliphatic heterocycles. The molecule has 0 saturated carbocycles. The molecule has 0 bridgehead atoms. The minimum atomic E-state index is -0.0334. The molecule has 1 amide bonds. The number of aliphatic hydroxyl groups is 1. The summed E-state index contributed by atoms with van der Waals surface area (Å²) in [6, 6.07) is 0. The fraction of sp³-hybridized carbons (Fsp3) is 0.909. The molecule has 5 heteroatoms. The third-order valence-electron chi connectivity index (χ3n) is 2.73. The van der Waals surface area contributed by atoms with Crippen molar-refractivity contribution in [2.24, 2.45) is 0 Å². The number of likely N-dealkylation sites (N-methyl/N-ethyl adjacent to an activating group) is 1. The SMILES string of the molecule is CCN(CC(=O)NCCO)CC1CCCO1. The molecule has 1 heterocycles. The van der Waals surface area contributed by atoms with E-state index < -0.39 is 0 Å². The number of amides is 1. The number of ether oxygens (including phenoxy) is 1. The molecule has 0 aliphatic carbocycles. The quantitative estimate of drug-likeness (QED) is 0.624. The van der Waals surface area contributed by atoms with Crippen molar-refractivity contribution in [2.75, 3.05) is 39.4 Å². The van der Waals surface area contributed by atoms with Gasteiger partial charge in [-0.2, -0.15) is 0 Å². The Labute approximate surface area is 96.8 Å². The molecule has 1 atom stereocenters. The summed E-state index contributed by atoms with van der Waals surface area (Å²) in [6.07, 6.45) is 2.50. The molecule has 0 aromatic carbocycles. The van der Waals surface area contributed by atoms with Gasteiger partial charge in [-0.25, -0.2) is 0 Å². The molecule has 0 spiro atoms. The Hall–Kier alpha value is -0.650. The number of hydrogen-bond acceptors (Lipinski definition) is 4. The summed E-state index contributed by atoms with van der Waals surface area (Å²) in [5, 5.41) is 11.2. The highest BCUT2D eigenvalue weighted by Crippen LogP contribution is 2.12. The van der Waals surface area contributed by atoms with E-state index in [1.165, 1.54) is 0 Å². The van der Waals surface area contributed by atoms with Crippen LogP contribution in [-0.2, 0) is 9.53 Å². The number of hydrogen-bond donors (Lipinski definition) is 2. The standard InChI is InChI=1S/C11H22N2O3/c1-2-13(8-10-4-3-7-16-10)9-11(15)12-5-6-14/h10,14H,2-9H2,1H3,(H,12,15). The minimum Gasteiger partial charge on any atom is -0.395 e. The lowest BCUT2D eigenvalue weighted by Crippen LogP contribution is -2.41. The van der Waals surface area contributed by atoms with Crippen molar-refractivity contribution < 1.29 is 14.6 Å². The van der Waals surface area contributed by atoms with E-state index in [-0.39, 0.29) is 18.6 Å². The largest absolute Gasteiger partial charge is 0.395 e. The van der Waals surface area contributed by atoms with Gasteiger partial charge in [-0.05, 0) is 19.4 Å². The van der Waals surface area contributed by atoms with Crippen LogP contribution < -0.4 is 5.32 Å². The van der Waals surface area contributed by atoms with Gasteiger partial charge in [-0.3, -0.25) is 9.69 Å². The topological polar surface area (TPSA) is 61.8 Å². The van der Waals surface area contributed by atoms with Crippen LogP contribution in [-0.4, -0.2) is 61.4 Å². The molecule has 94 valence electrons. The fourth-order valence-corrected chi connectivity index (χ4v) is 1.84. The third-order valence-corrected chi connectivity index (χ3v) is 2.73. The zero-order valence-corrected chi connectivity index (χ0v) is 9.95. The molecule has 16 heavy (non-hydrogen) atoms. The van der Waals surface area contributed by atoms with E-state index in [2.05, 4.69) is 10.2 Å². The van der Waals surface area contributed by atoms with Crippen molar-refractivity contribution in [1.29, 1.82) is 0 Å². The van der Waals surface area contributed by atoms with Crippen LogP contribution in [0.3, 0.4) is 0 Å². The van der Waals surface area contributed by atoms with Gasteiger partial charge in [0.05, 0.1) is 19.3 Å². The number of aliphatic hydroxyl groups excluding tert-OH is 1. The predicted molar refractivity (Wildman–Crippen MR) is 61.2 cm³/mol. The number of carbonyl (C=O) groups excluding carboxylic acids is 1. The number of nitrogens with one attached hydrogen (secondary N) is 1. The van der Waals surface area contributed by atoms with Gasteiger partial charge in [-0.1, -0.05) is 6.92 Å². The monoisotopic (exact) mass is 230 g/mol. The number of rotatable bonds is 7. The highest BCUT2D eigenvalue weighted by molar-refractivity contribution is 5.77. The van der Waals surface area contributed by atoms with Crippen LogP contribution in [0, 0.1) is 0 Å². The number of nitrogens with zero attached hydrogens (tertiary/aromatic N) is 1. The Bertz CT molecular complexity index is 205. The minimum absolute atomic E-state index is 0.0103. The van der Waals surface area contributed by atoms with Gasteiger partial charge >= 0.3 is 0 Å². The fourth-order valence-electron chi connectivity index (χ4n) is 1.84. The molecule has 0 aromatic rings. The van der Waals surface area contributed by atoms with E-state index in [0.717, 1.165) is 32.5 Å². The van der Waals surface area contributed by atoms with Crippen molar-refractivity contribution in [3.63, 3.8) is 0 Å². The van der Waals surface area contributed by atoms with Crippen LogP contribution in [0.1, 0.15) is 19.8 Å². The lowest BCUT2D eigenvalue weighted by atomic mass is 10.2. The van der Waals surface area contributed by atoms with E-state index in [0.29, 0.717) is 13.1 Å². The average molecular weight is 230 g/mol. The summed E-state index contributed by atoms with van der Waals surface area (Å²) in [6.45, 7) is 5.25. The molecule has 1 unspecified atom stereocenters. The van der Waals surface area contributed by atoms with Crippen LogP contribution in [0.4, 0.5) is 0 Å². The second kappa shape index (κ2) is 7.60. The molecular weight excluding hydrogens is 208 g/mol. The lowest BCUT2D eigenvalue weighted by molar-refractivity contribution is -0.122. The number of carbonyl (C=O) groups is 1. The second-order valence-electron chi connectivity index (χ2n) is 4.04. The summed E-state index contributed by atoms with van der Waals surface area (Å²) in [7, 11) is 0. The van der Waals surface area contributed by atoms with Crippen LogP contribution >= 0.6 is 0 Å². The molecule has 2 N–H and O–H groups in total. The van der Waals surface area contributed by atoms with Crippen molar-refractivity contribution in [3.05, 3.63) is 0 Å². The first-order valence-corrected chi connectivity index (χ1v) is 5.97. The zero-order valence-electron chi connectivity index (χ0n) is 9.95. The molecule has 5 nitrogen and oxygen atoms in total. The van der Waals surface area contributed by atoms with Gasteiger partial charge < -0.3 is 15.2 Å². The van der Waals surface area contributed by atoms with Crippen molar-refractivity contribution >= 4 is 5.91 Å². The lowest BCUT2D eigenvalue weighted by Gasteiger charge is -2.22. The summed E-state index contributed by atoms with van der Waals surface area (Å²) < 4.78 is 5.53. The van der Waals surface area contributed by atoms with Crippen LogP contribution in [0.2, 0.25) is 0 Å². The van der Waals surface area contributed by atoms with E-state index in [4.69, 9.17) is 9.84 Å². The maximum absolute atomic E-state index is 11.4. The van der Waals surface area contributed by atoms with Crippen LogP contribution in [0.5, 0.6) is 0 Å². The highest BCUT2D eigenvalue weighted by atomic mass is 16.5. The van der Waals surface area contributed by atoms with E-state index >= 15 is 0 Å². The smallest absolute Gasteiger partial charge is 0.234 e. The van der Waals surface area contributed by atoms with E-state index in [1.54, 1.807) is 0 Å². The predicted octanol–water partition coefficient (Wildman–Crippen LogP) is -0.404. The maximum atomic E-state index is 11.4. The first kappa shape index (κ1) is 13.4. The first-order valence-electron chi connectivity index (χ1n) is 5.97. The van der Waals surface area contributed by atoms with Gasteiger partial charge in [0.15, 0.2) is 0 Å². The Morgan fingerprint density at radius 1 is 1.62 bits per heavy atom. The van der Waals surface area contributed by atoms with Crippen LogP contribution in [0.15, 0.2) is 0 Å². The Morgan fingerprint density at radius 2 is 2.44 bits per heavy atom. The normalized spacial score (nSPS) is 20.3. The molecule has 1 saturated heterocycles. The van der Waals surface area contributed by atoms with Crippen molar-refractivity contribution in [1.82, 2.24) is 10.2 Å². The van der Waals surface area contributed by atoms with Crippen LogP contribution in [0.25, 0.3) is 0 Å². The molecule has 1 aliphatic rings. The summed E-state index contributed by atoms with van der Waals surface area (Å²) in [4.78, 5) is 13.5. The van der Waals surface area contributed by atoms with Gasteiger partial charge in [0.1, 0.15) is 0 Å². The van der Waals surface area contributed by atoms with Gasteiger partial charge in [0.2, 0.25) is 5.91 Å². The molecule has 0 radical (unpaired) electrons. The van der Waals surface area contributed by atoms with E-state index in [9.17, 15) is 4.79 Å². The van der Waals surface area contributed by atoms with Crippen molar-refractivity contribution in [2.45, 2.75) is 25.9 Å².